The number of nitrogens with two attached hydrogens (primary N) is 3. The van der Waals surface area contributed by atoms with Gasteiger partial charge in [0.15, 0.2) is 0 Å². The second-order valence-corrected chi connectivity index (χ2v) is 15.7. The molecule has 6 amide bonds. The van der Waals surface area contributed by atoms with Crippen LogP contribution >= 0.6 is 0 Å². The number of carbonyl (C=O) groups is 5. The summed E-state index contributed by atoms with van der Waals surface area (Å²) in [6.45, 7) is 5.87. The minimum Gasteiger partial charge on any atom is -0.393 e. The van der Waals surface area contributed by atoms with E-state index in [4.69, 9.17) is 17.2 Å². The summed E-state index contributed by atoms with van der Waals surface area (Å²) < 4.78 is 0. The molecule has 4 rings (SSSR count). The van der Waals surface area contributed by atoms with E-state index in [2.05, 4.69) is 25.9 Å². The number of aliphatic hydroxyl groups excluding tert-OH is 1. The van der Waals surface area contributed by atoms with E-state index >= 15 is 0 Å². The molecule has 1 saturated carbocycles. The van der Waals surface area contributed by atoms with Crippen molar-refractivity contribution in [1.29, 1.82) is 0 Å². The van der Waals surface area contributed by atoms with E-state index in [0.29, 0.717) is 49.7 Å². The van der Waals surface area contributed by atoms with Gasteiger partial charge in [0.1, 0.15) is 23.7 Å². The van der Waals surface area contributed by atoms with E-state index in [0.717, 1.165) is 42.6 Å². The first-order valence-corrected chi connectivity index (χ1v) is 20.5. The first kappa shape index (κ1) is 45.0. The van der Waals surface area contributed by atoms with Crippen LogP contribution in [0.5, 0.6) is 0 Å². The van der Waals surface area contributed by atoms with Gasteiger partial charge in [-0.15, -0.1) is 0 Å². The number of hydrogen-bond donors (Lipinski definition) is 7. The number of amides is 6. The topological polar surface area (TPSA) is 252 Å². The zero-order chi connectivity index (χ0) is 41.5. The van der Waals surface area contributed by atoms with E-state index in [1.54, 1.807) is 25.7 Å². The van der Waals surface area contributed by atoms with Crippen LogP contribution in [0.3, 0.4) is 0 Å². The molecule has 10 N–H and O–H groups in total. The summed E-state index contributed by atoms with van der Waals surface area (Å²) in [5, 5.41) is 19.0. The SMILES string of the molecule is CCC(O)CC(=O)N(C(=O)CCNC(=O)[C@H](Cc1ccccc1)NC(=O)N1CCC(N)CC1)[C@H](C(=O)NCc1cnc(C)nc1N)[C@@H](C)[C@@H](N)CC1CCCCC1. The van der Waals surface area contributed by atoms with Crippen LogP contribution < -0.4 is 33.2 Å². The van der Waals surface area contributed by atoms with Gasteiger partial charge in [-0.2, -0.15) is 0 Å². The Hall–Kier alpha value is -4.67. The van der Waals surface area contributed by atoms with Crippen molar-refractivity contribution in [3.05, 3.63) is 53.5 Å². The molecule has 2 heterocycles. The summed E-state index contributed by atoms with van der Waals surface area (Å²) in [4.78, 5) is 80.4. The number of imide groups is 1. The van der Waals surface area contributed by atoms with Crippen LogP contribution in [0, 0.1) is 18.8 Å². The quantitative estimate of drug-likeness (QED) is 0.115. The van der Waals surface area contributed by atoms with Gasteiger partial charge in [-0.05, 0) is 44.1 Å². The standard InChI is InChI=1S/C41H64N10O6/c1-4-32(52)23-36(54)51(37(26(2)33(43)21-28-11-7-5-8-12-28)40(56)47-25-30-24-46-27(3)48-38(30)44)35(53)15-18-45-39(55)34(22-29-13-9-6-10-14-29)49-41(57)50-19-16-31(42)17-20-50/h6,9-10,13-14,24,26,28,31-34,37,52H,4-5,7-8,11-12,15-23,25,42-43H2,1-3H3,(H,45,55)(H,47,56)(H,49,57)(H2,44,46,48)/t26-,32?,33-,34-,37-/m0/s1. The van der Waals surface area contributed by atoms with E-state index in [-0.39, 0.29) is 50.2 Å². The fourth-order valence-electron chi connectivity index (χ4n) is 7.62. The van der Waals surface area contributed by atoms with Gasteiger partial charge in [-0.1, -0.05) is 76.3 Å². The molecule has 2 aliphatic rings. The van der Waals surface area contributed by atoms with Crippen molar-refractivity contribution < 1.29 is 29.1 Å². The molecule has 57 heavy (non-hydrogen) atoms. The van der Waals surface area contributed by atoms with Crippen molar-refractivity contribution in [2.75, 3.05) is 25.4 Å². The van der Waals surface area contributed by atoms with Gasteiger partial charge in [-0.25, -0.2) is 14.8 Å². The average Bonchev–Trinajstić information content (AvgIpc) is 3.19. The number of carbonyl (C=O) groups excluding carboxylic acids is 5. The molecule has 16 nitrogen and oxygen atoms in total. The predicted octanol–water partition coefficient (Wildman–Crippen LogP) is 2.05. The van der Waals surface area contributed by atoms with Crippen molar-refractivity contribution in [1.82, 2.24) is 35.7 Å². The minimum atomic E-state index is -1.33. The van der Waals surface area contributed by atoms with Crippen molar-refractivity contribution in [2.24, 2.45) is 23.3 Å². The number of piperidine rings is 1. The molecule has 5 atom stereocenters. The highest BCUT2D eigenvalue weighted by Gasteiger charge is 2.41. The van der Waals surface area contributed by atoms with Crippen molar-refractivity contribution >= 4 is 35.5 Å². The molecule has 0 spiro atoms. The van der Waals surface area contributed by atoms with E-state index in [1.807, 2.05) is 30.3 Å². The van der Waals surface area contributed by atoms with Gasteiger partial charge in [0, 0.05) is 68.8 Å². The molecular weight excluding hydrogens is 729 g/mol. The zero-order valence-electron chi connectivity index (χ0n) is 33.8. The lowest BCUT2D eigenvalue weighted by Crippen LogP contribution is -2.59. The predicted molar refractivity (Wildman–Crippen MR) is 217 cm³/mol. The van der Waals surface area contributed by atoms with E-state index < -0.39 is 60.2 Å². The molecule has 1 unspecified atom stereocenters. The zero-order valence-corrected chi connectivity index (χ0v) is 33.8. The van der Waals surface area contributed by atoms with Crippen LogP contribution in [-0.4, -0.2) is 104 Å². The van der Waals surface area contributed by atoms with Crippen LogP contribution in [0.4, 0.5) is 10.6 Å². The Kier molecular flexibility index (Phi) is 17.6. The molecule has 2 fully saturated rings. The number of benzene rings is 1. The Bertz CT molecular complexity index is 1630. The van der Waals surface area contributed by atoms with E-state index in [9.17, 15) is 29.1 Å². The first-order valence-electron chi connectivity index (χ1n) is 20.5. The van der Waals surface area contributed by atoms with Crippen molar-refractivity contribution in [3.63, 3.8) is 0 Å². The summed E-state index contributed by atoms with van der Waals surface area (Å²) in [7, 11) is 0. The molecule has 0 radical (unpaired) electrons. The van der Waals surface area contributed by atoms with Gasteiger partial charge < -0.3 is 43.2 Å². The Morgan fingerprint density at radius 3 is 2.32 bits per heavy atom. The second kappa shape index (κ2) is 22.3. The normalized spacial score (nSPS) is 17.8. The lowest BCUT2D eigenvalue weighted by atomic mass is 9.80. The number of anilines is 1. The van der Waals surface area contributed by atoms with Crippen LogP contribution in [0.25, 0.3) is 0 Å². The highest BCUT2D eigenvalue weighted by molar-refractivity contribution is 6.01. The molecule has 1 aromatic carbocycles. The lowest BCUT2D eigenvalue weighted by molar-refractivity contribution is -0.155. The maximum atomic E-state index is 14.3. The summed E-state index contributed by atoms with van der Waals surface area (Å²) >= 11 is 0. The fraction of sp³-hybridized carbons (Fsp3) is 0.634. The number of aliphatic hydroxyl groups is 1. The summed E-state index contributed by atoms with van der Waals surface area (Å²) in [6, 6.07) is 6.07. The maximum absolute atomic E-state index is 14.3. The van der Waals surface area contributed by atoms with Gasteiger partial charge in [-0.3, -0.25) is 24.1 Å². The third-order valence-corrected chi connectivity index (χ3v) is 11.3. The first-order chi connectivity index (χ1) is 27.3. The van der Waals surface area contributed by atoms with Gasteiger partial charge in [0.05, 0.1) is 12.5 Å². The molecule has 1 aromatic heterocycles. The smallest absolute Gasteiger partial charge is 0.318 e. The van der Waals surface area contributed by atoms with E-state index in [1.165, 1.54) is 6.20 Å². The van der Waals surface area contributed by atoms with Crippen LogP contribution in [0.1, 0.15) is 101 Å². The molecular formula is C41H64N10O6. The Morgan fingerprint density at radius 1 is 0.982 bits per heavy atom. The Labute approximate surface area is 336 Å². The van der Waals surface area contributed by atoms with Crippen molar-refractivity contribution in [2.45, 2.75) is 135 Å². The number of aromatic nitrogens is 2. The molecule has 1 aliphatic heterocycles. The largest absolute Gasteiger partial charge is 0.393 e. The molecule has 1 saturated heterocycles. The molecule has 2 aromatic rings. The number of rotatable bonds is 18. The second-order valence-electron chi connectivity index (χ2n) is 15.7. The number of hydrogen-bond acceptors (Lipinski definition) is 11. The van der Waals surface area contributed by atoms with Gasteiger partial charge in [0.2, 0.25) is 23.6 Å². The molecule has 1 aliphatic carbocycles. The van der Waals surface area contributed by atoms with Crippen molar-refractivity contribution in [3.8, 4) is 0 Å². The summed E-state index contributed by atoms with van der Waals surface area (Å²) in [5.74, 6) is -2.24. The van der Waals surface area contributed by atoms with Gasteiger partial charge in [0.25, 0.3) is 0 Å². The lowest BCUT2D eigenvalue weighted by Gasteiger charge is -2.37. The third kappa shape index (κ3) is 13.7. The average molecular weight is 793 g/mol. The van der Waals surface area contributed by atoms with Crippen LogP contribution in [0.15, 0.2) is 36.5 Å². The Balaban J connectivity index is 1.55. The monoisotopic (exact) mass is 793 g/mol. The number of urea groups is 1. The minimum absolute atomic E-state index is 0.0227. The number of aryl methyl sites for hydroxylation is 1. The highest BCUT2D eigenvalue weighted by Crippen LogP contribution is 2.30. The molecule has 314 valence electrons. The molecule has 0 bridgehead atoms. The number of nitrogens with one attached hydrogen (secondary N) is 3. The third-order valence-electron chi connectivity index (χ3n) is 11.3. The maximum Gasteiger partial charge on any atom is 0.318 e. The van der Waals surface area contributed by atoms with Crippen LogP contribution in [0.2, 0.25) is 0 Å². The summed E-state index contributed by atoms with van der Waals surface area (Å²) in [5.41, 5.74) is 20.2. The number of nitrogen functional groups attached to an aromatic ring is 1. The molecule has 16 heteroatoms. The van der Waals surface area contributed by atoms with Gasteiger partial charge >= 0.3 is 6.03 Å². The Morgan fingerprint density at radius 2 is 1.67 bits per heavy atom. The number of likely N-dealkylation sites (tertiary alicyclic amines) is 1. The summed E-state index contributed by atoms with van der Waals surface area (Å²) in [6.07, 6.45) is 7.52. The van der Waals surface area contributed by atoms with Crippen LogP contribution in [-0.2, 0) is 32.1 Å². The fourth-order valence-corrected chi connectivity index (χ4v) is 7.62. The number of nitrogens with zero attached hydrogens (tertiary/aromatic N) is 4. The highest BCUT2D eigenvalue weighted by atomic mass is 16.3.